The van der Waals surface area contributed by atoms with Crippen LogP contribution in [0.5, 0.6) is 0 Å². The fourth-order valence-corrected chi connectivity index (χ4v) is 5.33. The fraction of sp³-hybridized carbons (Fsp3) is 0.600. The Morgan fingerprint density at radius 3 is 2.61 bits per heavy atom. The van der Waals surface area contributed by atoms with Gasteiger partial charge in [0.15, 0.2) is 0 Å². The molecule has 0 aliphatic carbocycles. The number of thioether (sulfide) groups is 1. The Hall–Kier alpha value is -0.540. The summed E-state index contributed by atoms with van der Waals surface area (Å²) in [4.78, 5) is 0. The number of rotatable bonds is 1. The zero-order chi connectivity index (χ0) is 12.8. The molecular weight excluding hydrogens is 247 g/mol. The molecule has 98 valence electrons. The number of hydrogen-bond donors (Lipinski definition) is 1. The molecule has 2 heterocycles. The lowest BCUT2D eigenvalue weighted by Crippen LogP contribution is -2.41. The van der Waals surface area contributed by atoms with Crippen molar-refractivity contribution in [3.05, 3.63) is 35.1 Å². The van der Waals surface area contributed by atoms with Gasteiger partial charge in [0.2, 0.25) is 0 Å². The van der Waals surface area contributed by atoms with Gasteiger partial charge in [-0.25, -0.2) is 4.39 Å². The molecular formula is C15H19FOS. The largest absolute Gasteiger partial charge is 0.385 e. The lowest BCUT2D eigenvalue weighted by atomic mass is 9.79. The number of halogens is 1. The number of fused-ring (bicyclic) bond motifs is 2. The summed E-state index contributed by atoms with van der Waals surface area (Å²) in [6, 6.07) is 4.78. The Labute approximate surface area is 112 Å². The van der Waals surface area contributed by atoms with Crippen LogP contribution in [0.4, 0.5) is 4.39 Å². The Balaban J connectivity index is 1.96. The number of aryl methyl sites for hydroxylation is 1. The molecule has 3 heteroatoms. The maximum absolute atomic E-state index is 13.4. The molecule has 2 atom stereocenters. The Morgan fingerprint density at radius 2 is 1.94 bits per heavy atom. The van der Waals surface area contributed by atoms with Crippen LogP contribution in [0.25, 0.3) is 0 Å². The third-order valence-electron chi connectivity index (χ3n) is 4.27. The molecule has 3 rings (SSSR count). The van der Waals surface area contributed by atoms with E-state index in [1.165, 1.54) is 31.4 Å². The fourth-order valence-electron chi connectivity index (χ4n) is 3.43. The van der Waals surface area contributed by atoms with Crippen LogP contribution < -0.4 is 0 Å². The smallest absolute Gasteiger partial charge is 0.123 e. The molecule has 1 aromatic carbocycles. The van der Waals surface area contributed by atoms with Gasteiger partial charge >= 0.3 is 0 Å². The number of aliphatic hydroxyl groups is 1. The maximum atomic E-state index is 13.4. The lowest BCUT2D eigenvalue weighted by Gasteiger charge is -2.44. The summed E-state index contributed by atoms with van der Waals surface area (Å²) < 4.78 is 13.4. The first-order valence-electron chi connectivity index (χ1n) is 6.71. The van der Waals surface area contributed by atoms with E-state index in [9.17, 15) is 9.50 Å². The van der Waals surface area contributed by atoms with Gasteiger partial charge in [-0.15, -0.1) is 0 Å². The highest BCUT2D eigenvalue weighted by molar-refractivity contribution is 8.00. The second-order valence-electron chi connectivity index (χ2n) is 5.71. The van der Waals surface area contributed by atoms with Crippen LogP contribution in [0.2, 0.25) is 0 Å². The molecule has 1 nitrogen and oxygen atoms in total. The van der Waals surface area contributed by atoms with Gasteiger partial charge in [0.05, 0.1) is 5.60 Å². The molecule has 0 radical (unpaired) electrons. The Kier molecular flexibility index (Phi) is 3.15. The summed E-state index contributed by atoms with van der Waals surface area (Å²) in [5.74, 6) is -0.243. The van der Waals surface area contributed by atoms with Gasteiger partial charge in [0.1, 0.15) is 5.82 Å². The average Bonchev–Trinajstić information content (AvgIpc) is 2.31. The average molecular weight is 266 g/mol. The topological polar surface area (TPSA) is 20.2 Å². The van der Waals surface area contributed by atoms with Crippen LogP contribution in [-0.2, 0) is 5.60 Å². The van der Waals surface area contributed by atoms with Crippen LogP contribution >= 0.6 is 11.8 Å². The number of benzene rings is 1. The van der Waals surface area contributed by atoms with Gasteiger partial charge in [-0.3, -0.25) is 0 Å². The van der Waals surface area contributed by atoms with E-state index in [0.29, 0.717) is 10.5 Å². The molecule has 0 spiro atoms. The van der Waals surface area contributed by atoms with Crippen molar-refractivity contribution < 1.29 is 9.50 Å². The summed E-state index contributed by atoms with van der Waals surface area (Å²) in [6.07, 6.45) is 5.22. The Bertz CT molecular complexity index is 448. The summed E-state index contributed by atoms with van der Waals surface area (Å²) in [7, 11) is 0. The predicted molar refractivity (Wildman–Crippen MR) is 73.3 cm³/mol. The summed E-state index contributed by atoms with van der Waals surface area (Å²) in [5, 5.41) is 12.1. The predicted octanol–water partition coefficient (Wildman–Crippen LogP) is 3.77. The molecule has 18 heavy (non-hydrogen) atoms. The minimum atomic E-state index is -0.812. The van der Waals surface area contributed by atoms with Crippen molar-refractivity contribution in [3.63, 3.8) is 0 Å². The van der Waals surface area contributed by atoms with Gasteiger partial charge in [0, 0.05) is 10.5 Å². The lowest BCUT2D eigenvalue weighted by molar-refractivity contribution is 0.00730. The molecule has 2 aliphatic rings. The highest BCUT2D eigenvalue weighted by Gasteiger charge is 2.43. The van der Waals surface area contributed by atoms with Gasteiger partial charge < -0.3 is 5.11 Å². The summed E-state index contributed by atoms with van der Waals surface area (Å²) in [6.45, 7) is 1.96. The van der Waals surface area contributed by atoms with Crippen LogP contribution in [0, 0.1) is 12.7 Å². The van der Waals surface area contributed by atoms with Crippen molar-refractivity contribution in [2.24, 2.45) is 0 Å². The second kappa shape index (κ2) is 4.53. The quantitative estimate of drug-likeness (QED) is 0.835. The van der Waals surface area contributed by atoms with Crippen LogP contribution in [-0.4, -0.2) is 15.6 Å². The summed E-state index contributed by atoms with van der Waals surface area (Å²) >= 11 is 2.03. The minimum absolute atomic E-state index is 0.243. The van der Waals surface area contributed by atoms with Crippen LogP contribution in [0.3, 0.4) is 0 Å². The van der Waals surface area contributed by atoms with E-state index in [1.807, 2.05) is 18.7 Å². The second-order valence-corrected chi connectivity index (χ2v) is 7.32. The van der Waals surface area contributed by atoms with Gasteiger partial charge in [-0.2, -0.15) is 11.8 Å². The van der Waals surface area contributed by atoms with Gasteiger partial charge in [-0.1, -0.05) is 12.5 Å². The Morgan fingerprint density at radius 1 is 1.28 bits per heavy atom. The zero-order valence-electron chi connectivity index (χ0n) is 10.7. The molecule has 0 amide bonds. The molecule has 1 aromatic rings. The first-order valence-corrected chi connectivity index (χ1v) is 7.65. The molecule has 2 aliphatic heterocycles. The molecule has 1 N–H and O–H groups in total. The monoisotopic (exact) mass is 266 g/mol. The molecule has 2 unspecified atom stereocenters. The minimum Gasteiger partial charge on any atom is -0.385 e. The van der Waals surface area contributed by atoms with E-state index in [0.717, 1.165) is 24.0 Å². The first kappa shape index (κ1) is 12.5. The van der Waals surface area contributed by atoms with E-state index >= 15 is 0 Å². The standard InChI is InChI=1S/C15H19FOS/c1-10-5-6-11(16)7-14(10)15(17)8-12-3-2-4-13(9-15)18-12/h5-7,12-13,17H,2-4,8-9H2,1H3. The number of hydrogen-bond acceptors (Lipinski definition) is 2. The van der Waals surface area contributed by atoms with E-state index in [-0.39, 0.29) is 5.82 Å². The van der Waals surface area contributed by atoms with Crippen LogP contribution in [0.15, 0.2) is 18.2 Å². The molecule has 2 bridgehead atoms. The van der Waals surface area contributed by atoms with Gasteiger partial charge in [0.25, 0.3) is 0 Å². The van der Waals surface area contributed by atoms with Crippen LogP contribution in [0.1, 0.15) is 43.2 Å². The highest BCUT2D eigenvalue weighted by atomic mass is 32.2. The van der Waals surface area contributed by atoms with Gasteiger partial charge in [-0.05, 0) is 55.9 Å². The first-order chi connectivity index (χ1) is 8.57. The van der Waals surface area contributed by atoms with Crippen molar-refractivity contribution in [1.82, 2.24) is 0 Å². The van der Waals surface area contributed by atoms with Crippen molar-refractivity contribution in [2.75, 3.05) is 0 Å². The van der Waals surface area contributed by atoms with Crippen molar-refractivity contribution >= 4 is 11.8 Å². The molecule has 0 saturated carbocycles. The van der Waals surface area contributed by atoms with Crippen molar-refractivity contribution in [1.29, 1.82) is 0 Å². The molecule has 2 fully saturated rings. The maximum Gasteiger partial charge on any atom is 0.123 e. The normalized spacial score (nSPS) is 35.5. The van der Waals surface area contributed by atoms with E-state index in [4.69, 9.17) is 0 Å². The molecule has 2 saturated heterocycles. The van der Waals surface area contributed by atoms with E-state index < -0.39 is 5.60 Å². The molecule has 0 aromatic heterocycles. The SMILES string of the molecule is Cc1ccc(F)cc1C1(O)CC2CCCC(C1)S2. The van der Waals surface area contributed by atoms with E-state index in [1.54, 1.807) is 6.07 Å². The third kappa shape index (κ3) is 2.19. The van der Waals surface area contributed by atoms with E-state index in [2.05, 4.69) is 0 Å². The van der Waals surface area contributed by atoms with Crippen molar-refractivity contribution in [2.45, 2.75) is 55.1 Å². The highest BCUT2D eigenvalue weighted by Crippen LogP contribution is 2.50. The van der Waals surface area contributed by atoms with Crippen molar-refractivity contribution in [3.8, 4) is 0 Å². The summed E-state index contributed by atoms with van der Waals surface area (Å²) in [5.41, 5.74) is 0.997. The zero-order valence-corrected chi connectivity index (χ0v) is 11.5. The third-order valence-corrected chi connectivity index (χ3v) is 5.84.